The lowest BCUT2D eigenvalue weighted by Crippen LogP contribution is -2.54. The van der Waals surface area contributed by atoms with E-state index >= 15 is 0 Å². The van der Waals surface area contributed by atoms with Crippen molar-refractivity contribution in [2.45, 2.75) is 63.2 Å². The van der Waals surface area contributed by atoms with Gasteiger partial charge in [-0.2, -0.15) is 0 Å². The van der Waals surface area contributed by atoms with Crippen LogP contribution in [-0.2, 0) is 9.59 Å². The number of anilines is 1. The van der Waals surface area contributed by atoms with E-state index in [4.69, 9.17) is 11.6 Å². The molecule has 28 heavy (non-hydrogen) atoms. The molecule has 1 atom stereocenters. The summed E-state index contributed by atoms with van der Waals surface area (Å²) >= 11 is 7.49. The van der Waals surface area contributed by atoms with E-state index in [2.05, 4.69) is 34.0 Å². The second-order valence-corrected chi connectivity index (χ2v) is 8.78. The van der Waals surface area contributed by atoms with Crippen molar-refractivity contribution in [3.63, 3.8) is 0 Å². The molecule has 0 radical (unpaired) electrons. The number of aromatic nitrogens is 2. The van der Waals surface area contributed by atoms with Crippen molar-refractivity contribution in [2.24, 2.45) is 0 Å². The summed E-state index contributed by atoms with van der Waals surface area (Å²) in [6.45, 7) is 6.26. The summed E-state index contributed by atoms with van der Waals surface area (Å²) < 4.78 is 0. The number of halogens is 1. The summed E-state index contributed by atoms with van der Waals surface area (Å²) in [5.41, 5.74) is 0. The van der Waals surface area contributed by atoms with Crippen LogP contribution in [0, 0.1) is 0 Å². The van der Waals surface area contributed by atoms with E-state index in [1.54, 1.807) is 6.07 Å². The van der Waals surface area contributed by atoms with Crippen molar-refractivity contribution in [1.29, 1.82) is 0 Å². The van der Waals surface area contributed by atoms with Crippen LogP contribution < -0.4 is 10.2 Å². The van der Waals surface area contributed by atoms with Crippen LogP contribution >= 0.6 is 23.4 Å². The fourth-order valence-corrected chi connectivity index (χ4v) is 4.14. The summed E-state index contributed by atoms with van der Waals surface area (Å²) in [5.74, 6) is 1.27. The van der Waals surface area contributed by atoms with Gasteiger partial charge in [-0.15, -0.1) is 0 Å². The third-order valence-electron chi connectivity index (χ3n) is 4.95. The largest absolute Gasteiger partial charge is 0.353 e. The van der Waals surface area contributed by atoms with Gasteiger partial charge >= 0.3 is 0 Å². The Labute approximate surface area is 175 Å². The smallest absolute Gasteiger partial charge is 0.230 e. The monoisotopic (exact) mass is 425 g/mol. The van der Waals surface area contributed by atoms with Gasteiger partial charge in [-0.3, -0.25) is 9.59 Å². The van der Waals surface area contributed by atoms with Gasteiger partial charge in [0.25, 0.3) is 0 Å². The zero-order valence-electron chi connectivity index (χ0n) is 16.5. The SMILES string of the molecule is CCCCC(=O)N1CCN(c2cc(Cl)nc(SCC(=O)NC3CC3)n2)CC1C. The first-order valence-corrected chi connectivity index (χ1v) is 11.3. The number of thioether (sulfide) groups is 1. The van der Waals surface area contributed by atoms with Crippen molar-refractivity contribution in [3.8, 4) is 0 Å². The van der Waals surface area contributed by atoms with Crippen molar-refractivity contribution in [1.82, 2.24) is 20.2 Å². The van der Waals surface area contributed by atoms with E-state index in [0.29, 0.717) is 42.4 Å². The third kappa shape index (κ3) is 5.98. The molecule has 2 heterocycles. The Balaban J connectivity index is 1.58. The normalized spacial score (nSPS) is 19.6. The number of piperazine rings is 1. The zero-order chi connectivity index (χ0) is 20.1. The second-order valence-electron chi connectivity index (χ2n) is 7.45. The topological polar surface area (TPSA) is 78.4 Å². The maximum Gasteiger partial charge on any atom is 0.230 e. The van der Waals surface area contributed by atoms with Crippen LogP contribution in [0.15, 0.2) is 11.2 Å². The first kappa shape index (κ1) is 21.2. The molecule has 1 aliphatic carbocycles. The first-order chi connectivity index (χ1) is 13.5. The Morgan fingerprint density at radius 3 is 2.79 bits per heavy atom. The number of nitrogens with one attached hydrogen (secondary N) is 1. The quantitative estimate of drug-likeness (QED) is 0.392. The number of unbranched alkanes of at least 4 members (excludes halogenated alkanes) is 1. The van der Waals surface area contributed by atoms with Crippen molar-refractivity contribution in [2.75, 3.05) is 30.3 Å². The highest BCUT2D eigenvalue weighted by molar-refractivity contribution is 7.99. The van der Waals surface area contributed by atoms with Crippen LogP contribution in [0.4, 0.5) is 5.82 Å². The lowest BCUT2D eigenvalue weighted by Gasteiger charge is -2.40. The second kappa shape index (κ2) is 9.78. The summed E-state index contributed by atoms with van der Waals surface area (Å²) in [4.78, 5) is 37.2. The van der Waals surface area contributed by atoms with E-state index in [-0.39, 0.29) is 23.6 Å². The molecule has 2 aliphatic rings. The van der Waals surface area contributed by atoms with E-state index < -0.39 is 0 Å². The van der Waals surface area contributed by atoms with Gasteiger partial charge in [0.2, 0.25) is 11.8 Å². The van der Waals surface area contributed by atoms with E-state index in [1.165, 1.54) is 11.8 Å². The van der Waals surface area contributed by atoms with Gasteiger partial charge in [-0.25, -0.2) is 9.97 Å². The Bertz CT molecular complexity index is 716. The zero-order valence-corrected chi connectivity index (χ0v) is 18.1. The average molecular weight is 426 g/mol. The molecule has 1 aromatic rings. The van der Waals surface area contributed by atoms with Crippen LogP contribution in [0.3, 0.4) is 0 Å². The number of carbonyl (C=O) groups is 2. The van der Waals surface area contributed by atoms with Gasteiger partial charge in [0.15, 0.2) is 5.16 Å². The molecule has 7 nitrogen and oxygen atoms in total. The number of hydrogen-bond donors (Lipinski definition) is 1. The van der Waals surface area contributed by atoms with Crippen molar-refractivity contribution < 1.29 is 9.59 Å². The predicted molar refractivity (Wildman–Crippen MR) is 112 cm³/mol. The highest BCUT2D eigenvalue weighted by atomic mass is 35.5. The van der Waals surface area contributed by atoms with Crippen LogP contribution in [0.1, 0.15) is 46.0 Å². The summed E-state index contributed by atoms with van der Waals surface area (Å²) in [7, 11) is 0. The number of hydrogen-bond acceptors (Lipinski definition) is 6. The Morgan fingerprint density at radius 2 is 2.11 bits per heavy atom. The van der Waals surface area contributed by atoms with Crippen LogP contribution in [-0.4, -0.2) is 64.2 Å². The Kier molecular flexibility index (Phi) is 7.40. The molecule has 1 saturated carbocycles. The molecule has 0 bridgehead atoms. The molecule has 154 valence electrons. The molecule has 1 aliphatic heterocycles. The van der Waals surface area contributed by atoms with Crippen LogP contribution in [0.2, 0.25) is 5.15 Å². The van der Waals surface area contributed by atoms with E-state index in [1.807, 2.05) is 4.90 Å². The van der Waals surface area contributed by atoms with E-state index in [9.17, 15) is 9.59 Å². The molecule has 1 N–H and O–H groups in total. The molecule has 9 heteroatoms. The van der Waals surface area contributed by atoms with Gasteiger partial charge in [-0.1, -0.05) is 36.7 Å². The fraction of sp³-hybridized carbons (Fsp3) is 0.684. The number of carbonyl (C=O) groups excluding carboxylic acids is 2. The molecule has 2 amide bonds. The maximum atomic E-state index is 12.4. The average Bonchev–Trinajstić information content (AvgIpc) is 3.48. The molecular formula is C19H28ClN5O2S. The third-order valence-corrected chi connectivity index (χ3v) is 5.99. The minimum Gasteiger partial charge on any atom is -0.353 e. The molecule has 1 saturated heterocycles. The standard InChI is InChI=1S/C19H28ClN5O2S/c1-3-4-5-18(27)25-9-8-24(11-13(25)2)16-10-15(20)22-19(23-16)28-12-17(26)21-14-6-7-14/h10,13-14H,3-9,11-12H2,1-2H3,(H,21,26). The molecule has 1 aromatic heterocycles. The van der Waals surface area contributed by atoms with Gasteiger partial charge in [0.1, 0.15) is 11.0 Å². The first-order valence-electron chi connectivity index (χ1n) is 9.97. The van der Waals surface area contributed by atoms with Gasteiger partial charge in [0, 0.05) is 44.2 Å². The van der Waals surface area contributed by atoms with E-state index in [0.717, 1.165) is 31.5 Å². The molecule has 0 spiro atoms. The Hall–Kier alpha value is -1.54. The van der Waals surface area contributed by atoms with Gasteiger partial charge in [0.05, 0.1) is 5.75 Å². The minimum atomic E-state index is 0.00505. The van der Waals surface area contributed by atoms with Gasteiger partial charge in [-0.05, 0) is 26.2 Å². The highest BCUT2D eigenvalue weighted by Gasteiger charge is 2.28. The van der Waals surface area contributed by atoms with Crippen LogP contribution in [0.25, 0.3) is 0 Å². The highest BCUT2D eigenvalue weighted by Crippen LogP contribution is 2.25. The van der Waals surface area contributed by atoms with Gasteiger partial charge < -0.3 is 15.1 Å². The molecule has 0 aromatic carbocycles. The van der Waals surface area contributed by atoms with Crippen molar-refractivity contribution in [3.05, 3.63) is 11.2 Å². The fourth-order valence-electron chi connectivity index (χ4n) is 3.25. The number of rotatable bonds is 8. The Morgan fingerprint density at radius 1 is 1.32 bits per heavy atom. The minimum absolute atomic E-state index is 0.00505. The molecule has 2 fully saturated rings. The summed E-state index contributed by atoms with van der Waals surface area (Å²) in [6.07, 6.45) is 4.71. The lowest BCUT2D eigenvalue weighted by molar-refractivity contribution is -0.133. The summed E-state index contributed by atoms with van der Waals surface area (Å²) in [5, 5.41) is 3.82. The molecular weight excluding hydrogens is 398 g/mol. The number of amides is 2. The maximum absolute atomic E-state index is 12.4. The predicted octanol–water partition coefficient (Wildman–Crippen LogP) is 2.73. The summed E-state index contributed by atoms with van der Waals surface area (Å²) in [6, 6.07) is 2.21. The molecule has 3 rings (SSSR count). The molecule has 1 unspecified atom stereocenters. The number of nitrogens with zero attached hydrogens (tertiary/aromatic N) is 4. The lowest BCUT2D eigenvalue weighted by atomic mass is 10.1. The van der Waals surface area contributed by atoms with Crippen molar-refractivity contribution >= 4 is 41.0 Å². The van der Waals surface area contributed by atoms with Crippen LogP contribution in [0.5, 0.6) is 0 Å².